The molecule has 0 atom stereocenters. The maximum atomic E-state index is 13.5. The minimum absolute atomic E-state index is 0.156. The third-order valence-electron chi connectivity index (χ3n) is 2.85. The van der Waals surface area contributed by atoms with Crippen molar-refractivity contribution < 1.29 is 19.0 Å². The van der Waals surface area contributed by atoms with Crippen LogP contribution in [0.4, 0.5) is 4.39 Å². The van der Waals surface area contributed by atoms with Crippen molar-refractivity contribution in [2.24, 2.45) is 0 Å². The van der Waals surface area contributed by atoms with Crippen LogP contribution in [0.5, 0.6) is 5.75 Å². The number of methoxy groups -OCH3 is 1. The Morgan fingerprint density at radius 1 is 1.16 bits per heavy atom. The molecule has 0 aliphatic heterocycles. The number of benzene rings is 2. The molecule has 0 saturated heterocycles. The first-order valence-electron chi connectivity index (χ1n) is 5.70. The van der Waals surface area contributed by atoms with E-state index in [1.54, 1.807) is 25.1 Å². The maximum Gasteiger partial charge on any atom is 0.337 e. The predicted molar refractivity (Wildman–Crippen MR) is 69.6 cm³/mol. The zero-order chi connectivity index (χ0) is 14.0. The number of hydrogen-bond donors (Lipinski definition) is 1. The molecular formula is C15H13FO3. The summed E-state index contributed by atoms with van der Waals surface area (Å²) in [7, 11) is 1.25. The summed E-state index contributed by atoms with van der Waals surface area (Å²) in [4.78, 5) is 11.4. The monoisotopic (exact) mass is 260 g/mol. The number of phenols is 1. The summed E-state index contributed by atoms with van der Waals surface area (Å²) < 4.78 is 18.1. The fraction of sp³-hybridized carbons (Fsp3) is 0.133. The maximum absolute atomic E-state index is 13.5. The van der Waals surface area contributed by atoms with E-state index >= 15 is 0 Å². The van der Waals surface area contributed by atoms with Crippen molar-refractivity contribution in [3.05, 3.63) is 53.3 Å². The Morgan fingerprint density at radius 2 is 1.89 bits per heavy atom. The first-order valence-corrected chi connectivity index (χ1v) is 5.70. The van der Waals surface area contributed by atoms with Crippen LogP contribution in [-0.4, -0.2) is 18.2 Å². The lowest BCUT2D eigenvalue weighted by Crippen LogP contribution is -2.02. The van der Waals surface area contributed by atoms with Gasteiger partial charge in [0.05, 0.1) is 12.7 Å². The van der Waals surface area contributed by atoms with Crippen molar-refractivity contribution in [2.75, 3.05) is 7.11 Å². The molecule has 0 fully saturated rings. The number of carbonyl (C=O) groups is 1. The number of hydrogen-bond acceptors (Lipinski definition) is 3. The van der Waals surface area contributed by atoms with Crippen molar-refractivity contribution in [1.29, 1.82) is 0 Å². The molecule has 0 spiro atoms. The van der Waals surface area contributed by atoms with Gasteiger partial charge in [-0.05, 0) is 53.9 Å². The summed E-state index contributed by atoms with van der Waals surface area (Å²) in [5.41, 5.74) is 2.12. The van der Waals surface area contributed by atoms with E-state index < -0.39 is 11.8 Å². The third kappa shape index (κ3) is 2.73. The molecule has 0 saturated carbocycles. The Bertz CT molecular complexity index is 635. The van der Waals surface area contributed by atoms with Crippen LogP contribution in [0, 0.1) is 12.7 Å². The Balaban J connectivity index is 2.52. The Morgan fingerprint density at radius 3 is 2.53 bits per heavy atom. The first-order chi connectivity index (χ1) is 9.01. The zero-order valence-electron chi connectivity index (χ0n) is 10.6. The highest BCUT2D eigenvalue weighted by Crippen LogP contribution is 2.27. The standard InChI is InChI=1S/C15H13FO3/c1-9-5-10(3-4-14(9)17)11-6-12(15(18)19-2)8-13(16)7-11/h3-8,17H,1-2H3. The average Bonchev–Trinajstić information content (AvgIpc) is 2.40. The molecule has 0 aromatic heterocycles. The van der Waals surface area contributed by atoms with Gasteiger partial charge >= 0.3 is 5.97 Å². The molecule has 4 heteroatoms. The summed E-state index contributed by atoms with van der Waals surface area (Å²) >= 11 is 0. The molecule has 2 aromatic carbocycles. The summed E-state index contributed by atoms with van der Waals surface area (Å²) in [6, 6.07) is 8.94. The van der Waals surface area contributed by atoms with Crippen LogP contribution in [0.15, 0.2) is 36.4 Å². The van der Waals surface area contributed by atoms with Crippen LogP contribution in [0.2, 0.25) is 0 Å². The highest BCUT2D eigenvalue weighted by Gasteiger charge is 2.10. The number of rotatable bonds is 2. The van der Waals surface area contributed by atoms with Gasteiger partial charge in [-0.1, -0.05) is 6.07 Å². The zero-order valence-corrected chi connectivity index (χ0v) is 10.6. The van der Waals surface area contributed by atoms with Crippen molar-refractivity contribution in [3.63, 3.8) is 0 Å². The van der Waals surface area contributed by atoms with Crippen molar-refractivity contribution in [2.45, 2.75) is 6.92 Å². The minimum atomic E-state index is -0.587. The SMILES string of the molecule is COC(=O)c1cc(F)cc(-c2ccc(O)c(C)c2)c1. The molecule has 0 bridgehead atoms. The highest BCUT2D eigenvalue weighted by atomic mass is 19.1. The second kappa shape index (κ2) is 5.10. The van der Waals surface area contributed by atoms with Gasteiger partial charge in [0.15, 0.2) is 0 Å². The average molecular weight is 260 g/mol. The molecule has 0 aliphatic carbocycles. The van der Waals surface area contributed by atoms with Gasteiger partial charge in [0.1, 0.15) is 11.6 Å². The number of halogens is 1. The predicted octanol–water partition coefficient (Wildman–Crippen LogP) is 3.29. The molecule has 98 valence electrons. The molecule has 2 rings (SSSR count). The number of aryl methyl sites for hydroxylation is 1. The second-order valence-corrected chi connectivity index (χ2v) is 4.22. The van der Waals surface area contributed by atoms with E-state index in [-0.39, 0.29) is 11.3 Å². The first kappa shape index (κ1) is 13.1. The number of aromatic hydroxyl groups is 1. The van der Waals surface area contributed by atoms with Crippen LogP contribution >= 0.6 is 0 Å². The van der Waals surface area contributed by atoms with Gasteiger partial charge in [-0.15, -0.1) is 0 Å². The molecule has 19 heavy (non-hydrogen) atoms. The quantitative estimate of drug-likeness (QED) is 0.843. The van der Waals surface area contributed by atoms with Crippen LogP contribution in [0.1, 0.15) is 15.9 Å². The lowest BCUT2D eigenvalue weighted by Gasteiger charge is -2.07. The molecule has 1 N–H and O–H groups in total. The molecule has 0 aliphatic rings. The number of carbonyl (C=O) groups excluding carboxylic acids is 1. The van der Waals surface area contributed by atoms with E-state index in [9.17, 15) is 14.3 Å². The van der Waals surface area contributed by atoms with Crippen molar-refractivity contribution in [1.82, 2.24) is 0 Å². The molecule has 2 aromatic rings. The van der Waals surface area contributed by atoms with E-state index in [1.807, 2.05) is 0 Å². The third-order valence-corrected chi connectivity index (χ3v) is 2.85. The number of phenolic OH excluding ortho intramolecular Hbond substituents is 1. The molecule has 3 nitrogen and oxygen atoms in total. The van der Waals surface area contributed by atoms with Gasteiger partial charge in [0.25, 0.3) is 0 Å². The number of ether oxygens (including phenoxy) is 1. The summed E-state index contributed by atoms with van der Waals surface area (Å²) in [6.45, 7) is 1.75. The summed E-state index contributed by atoms with van der Waals surface area (Å²) in [6.07, 6.45) is 0. The van der Waals surface area contributed by atoms with E-state index in [2.05, 4.69) is 4.74 Å². The summed E-state index contributed by atoms with van der Waals surface area (Å²) in [5.74, 6) is -0.923. The fourth-order valence-electron chi connectivity index (χ4n) is 1.83. The largest absolute Gasteiger partial charge is 0.508 e. The van der Waals surface area contributed by atoms with Crippen LogP contribution < -0.4 is 0 Å². The van der Waals surface area contributed by atoms with Gasteiger partial charge in [-0.25, -0.2) is 9.18 Å². The van der Waals surface area contributed by atoms with Crippen molar-refractivity contribution in [3.8, 4) is 16.9 Å². The minimum Gasteiger partial charge on any atom is -0.508 e. The van der Waals surface area contributed by atoms with Gasteiger partial charge in [0, 0.05) is 0 Å². The lowest BCUT2D eigenvalue weighted by molar-refractivity contribution is 0.0600. The number of esters is 1. The Kier molecular flexibility index (Phi) is 3.51. The second-order valence-electron chi connectivity index (χ2n) is 4.22. The summed E-state index contributed by atoms with van der Waals surface area (Å²) in [5, 5.41) is 9.48. The van der Waals surface area contributed by atoms with Crippen molar-refractivity contribution >= 4 is 5.97 Å². The molecular weight excluding hydrogens is 247 g/mol. The van der Waals surface area contributed by atoms with Crippen LogP contribution in [-0.2, 0) is 4.74 Å². The normalized spacial score (nSPS) is 10.3. The van der Waals surface area contributed by atoms with Gasteiger partial charge in [-0.3, -0.25) is 0 Å². The topological polar surface area (TPSA) is 46.5 Å². The van der Waals surface area contributed by atoms with E-state index in [0.717, 1.165) is 11.6 Å². The molecule has 0 unspecified atom stereocenters. The molecule has 0 radical (unpaired) electrons. The highest BCUT2D eigenvalue weighted by molar-refractivity contribution is 5.91. The Hall–Kier alpha value is -2.36. The van der Waals surface area contributed by atoms with Gasteiger partial charge in [0.2, 0.25) is 0 Å². The molecule has 0 heterocycles. The van der Waals surface area contributed by atoms with E-state index in [1.165, 1.54) is 19.2 Å². The fourth-order valence-corrected chi connectivity index (χ4v) is 1.83. The van der Waals surface area contributed by atoms with Gasteiger partial charge < -0.3 is 9.84 Å². The smallest absolute Gasteiger partial charge is 0.337 e. The molecule has 0 amide bonds. The van der Waals surface area contributed by atoms with E-state index in [0.29, 0.717) is 11.1 Å². The lowest BCUT2D eigenvalue weighted by atomic mass is 10.0. The van der Waals surface area contributed by atoms with Gasteiger partial charge in [-0.2, -0.15) is 0 Å². The van der Waals surface area contributed by atoms with Crippen LogP contribution in [0.25, 0.3) is 11.1 Å². The van der Waals surface area contributed by atoms with Crippen LogP contribution in [0.3, 0.4) is 0 Å². The Labute approximate surface area is 110 Å². The van der Waals surface area contributed by atoms with E-state index in [4.69, 9.17) is 0 Å².